The van der Waals surface area contributed by atoms with Gasteiger partial charge in [0.15, 0.2) is 6.29 Å². The fourth-order valence-electron chi connectivity index (χ4n) is 0.737. The number of hydrogen-bond acceptors (Lipinski definition) is 3. The summed E-state index contributed by atoms with van der Waals surface area (Å²) in [6, 6.07) is 0. The van der Waals surface area contributed by atoms with E-state index in [1.807, 2.05) is 13.8 Å². The van der Waals surface area contributed by atoms with E-state index in [2.05, 4.69) is 13.8 Å². The molecule has 0 aromatic carbocycles. The third-order valence-electron chi connectivity index (χ3n) is 1.35. The molecule has 0 rings (SSSR count). The van der Waals surface area contributed by atoms with Crippen molar-refractivity contribution in [2.24, 2.45) is 5.92 Å². The average Bonchev–Trinajstić information content (AvgIpc) is 2.00. The number of aliphatic hydroxyl groups is 1. The van der Waals surface area contributed by atoms with Crippen molar-refractivity contribution in [1.29, 1.82) is 0 Å². The zero-order valence-corrected chi connectivity index (χ0v) is 8.41. The molecule has 3 heteroatoms. The largest absolute Gasteiger partial charge is 0.394 e. The summed E-state index contributed by atoms with van der Waals surface area (Å²) in [4.78, 5) is 0. The first-order valence-electron chi connectivity index (χ1n) is 4.44. The van der Waals surface area contributed by atoms with Crippen molar-refractivity contribution >= 4 is 0 Å². The van der Waals surface area contributed by atoms with Crippen LogP contribution in [0.3, 0.4) is 0 Å². The minimum atomic E-state index is -0.227. The smallest absolute Gasteiger partial charge is 0.155 e. The normalized spacial score (nSPS) is 16.5. The zero-order valence-electron chi connectivity index (χ0n) is 8.41. The molecule has 74 valence electrons. The van der Waals surface area contributed by atoms with Gasteiger partial charge in [0.05, 0.1) is 19.3 Å². The summed E-state index contributed by atoms with van der Waals surface area (Å²) in [5.41, 5.74) is 0. The van der Waals surface area contributed by atoms with Crippen molar-refractivity contribution in [2.45, 2.75) is 40.1 Å². The minimum Gasteiger partial charge on any atom is -0.394 e. The Morgan fingerprint density at radius 3 is 2.17 bits per heavy atom. The second-order valence-corrected chi connectivity index (χ2v) is 3.42. The fraction of sp³-hybridized carbons (Fsp3) is 1.00. The molecule has 0 saturated heterocycles. The van der Waals surface area contributed by atoms with Crippen LogP contribution in [0.25, 0.3) is 0 Å². The van der Waals surface area contributed by atoms with Crippen LogP contribution in [-0.2, 0) is 9.47 Å². The van der Waals surface area contributed by atoms with Crippen molar-refractivity contribution in [1.82, 2.24) is 0 Å². The molecular weight excluding hydrogens is 156 g/mol. The molecule has 0 aromatic rings. The molecule has 0 aliphatic carbocycles. The summed E-state index contributed by atoms with van der Waals surface area (Å²) < 4.78 is 10.6. The van der Waals surface area contributed by atoms with Gasteiger partial charge in [-0.05, 0) is 19.8 Å². The molecule has 0 bridgehead atoms. The first-order chi connectivity index (χ1) is 5.56. The molecule has 1 N–H and O–H groups in total. The van der Waals surface area contributed by atoms with Gasteiger partial charge in [0.1, 0.15) is 0 Å². The minimum absolute atomic E-state index is 0.0371. The molecule has 2 atom stereocenters. The van der Waals surface area contributed by atoms with Gasteiger partial charge in [-0.25, -0.2) is 0 Å². The van der Waals surface area contributed by atoms with E-state index in [4.69, 9.17) is 14.6 Å². The van der Waals surface area contributed by atoms with Crippen molar-refractivity contribution in [3.8, 4) is 0 Å². The number of hydrogen-bond donors (Lipinski definition) is 1. The molecule has 0 aliphatic rings. The summed E-state index contributed by atoms with van der Waals surface area (Å²) in [6.45, 7) is 8.56. The summed E-state index contributed by atoms with van der Waals surface area (Å²) in [5, 5.41) is 8.68. The number of ether oxygens (including phenoxy) is 2. The number of aliphatic hydroxyl groups excluding tert-OH is 1. The molecule has 12 heavy (non-hydrogen) atoms. The molecule has 0 aliphatic heterocycles. The highest BCUT2D eigenvalue weighted by Crippen LogP contribution is 2.02. The summed E-state index contributed by atoms with van der Waals surface area (Å²) in [5.74, 6) is 0.514. The maximum absolute atomic E-state index is 8.68. The second kappa shape index (κ2) is 6.40. The third kappa shape index (κ3) is 6.58. The van der Waals surface area contributed by atoms with E-state index in [-0.39, 0.29) is 19.0 Å². The van der Waals surface area contributed by atoms with Gasteiger partial charge in [0.2, 0.25) is 0 Å². The molecule has 0 heterocycles. The third-order valence-corrected chi connectivity index (χ3v) is 1.35. The molecule has 0 spiro atoms. The Morgan fingerprint density at radius 1 is 1.17 bits per heavy atom. The van der Waals surface area contributed by atoms with Crippen LogP contribution in [0.4, 0.5) is 0 Å². The van der Waals surface area contributed by atoms with Gasteiger partial charge in [0.25, 0.3) is 0 Å². The number of rotatable bonds is 6. The molecule has 0 saturated carbocycles. The van der Waals surface area contributed by atoms with Crippen LogP contribution in [0.1, 0.15) is 27.7 Å². The highest BCUT2D eigenvalue weighted by Gasteiger charge is 2.07. The quantitative estimate of drug-likeness (QED) is 0.622. The van der Waals surface area contributed by atoms with Crippen molar-refractivity contribution in [2.75, 3.05) is 13.2 Å². The highest BCUT2D eigenvalue weighted by molar-refractivity contribution is 4.46. The summed E-state index contributed by atoms with van der Waals surface area (Å²) in [7, 11) is 0. The summed E-state index contributed by atoms with van der Waals surface area (Å²) in [6.07, 6.45) is -0.373. The Kier molecular flexibility index (Phi) is 6.34. The Hall–Kier alpha value is -0.120. The predicted molar refractivity (Wildman–Crippen MR) is 47.9 cm³/mol. The summed E-state index contributed by atoms with van der Waals surface area (Å²) >= 11 is 0. The Bertz CT molecular complexity index is 104. The monoisotopic (exact) mass is 176 g/mol. The molecule has 0 radical (unpaired) electrons. The lowest BCUT2D eigenvalue weighted by molar-refractivity contribution is -0.167. The molecule has 3 nitrogen and oxygen atoms in total. The van der Waals surface area contributed by atoms with Gasteiger partial charge >= 0.3 is 0 Å². The molecule has 0 aromatic heterocycles. The highest BCUT2D eigenvalue weighted by atomic mass is 16.7. The van der Waals surface area contributed by atoms with Gasteiger partial charge in [0, 0.05) is 0 Å². The fourth-order valence-corrected chi connectivity index (χ4v) is 0.737. The van der Waals surface area contributed by atoms with Crippen LogP contribution < -0.4 is 0 Å². The molecular formula is C9H20O3. The van der Waals surface area contributed by atoms with Crippen LogP contribution in [0.15, 0.2) is 0 Å². The van der Waals surface area contributed by atoms with Crippen LogP contribution in [0.5, 0.6) is 0 Å². The van der Waals surface area contributed by atoms with E-state index in [0.29, 0.717) is 12.5 Å². The lowest BCUT2D eigenvalue weighted by Gasteiger charge is -2.18. The van der Waals surface area contributed by atoms with Gasteiger partial charge in [-0.2, -0.15) is 0 Å². The average molecular weight is 176 g/mol. The van der Waals surface area contributed by atoms with Gasteiger partial charge in [-0.1, -0.05) is 13.8 Å². The van der Waals surface area contributed by atoms with E-state index >= 15 is 0 Å². The van der Waals surface area contributed by atoms with Crippen molar-refractivity contribution in [3.63, 3.8) is 0 Å². The zero-order chi connectivity index (χ0) is 9.56. The maximum Gasteiger partial charge on any atom is 0.155 e. The van der Waals surface area contributed by atoms with Crippen LogP contribution >= 0.6 is 0 Å². The molecule has 0 fully saturated rings. The van der Waals surface area contributed by atoms with E-state index in [1.165, 1.54) is 0 Å². The van der Waals surface area contributed by atoms with Crippen LogP contribution in [0, 0.1) is 5.92 Å². The van der Waals surface area contributed by atoms with E-state index in [9.17, 15) is 0 Å². The molecule has 0 amide bonds. The van der Waals surface area contributed by atoms with Crippen LogP contribution in [0.2, 0.25) is 0 Å². The second-order valence-electron chi connectivity index (χ2n) is 3.42. The first-order valence-corrected chi connectivity index (χ1v) is 4.44. The Balaban J connectivity index is 3.39. The lowest BCUT2D eigenvalue weighted by Crippen LogP contribution is -2.23. The topological polar surface area (TPSA) is 38.7 Å². The van der Waals surface area contributed by atoms with Crippen LogP contribution in [-0.4, -0.2) is 30.7 Å². The lowest BCUT2D eigenvalue weighted by atomic mass is 10.2. The first kappa shape index (κ1) is 11.9. The van der Waals surface area contributed by atoms with E-state index in [0.717, 1.165) is 0 Å². The standard InChI is InChI=1S/C9H20O3/c1-7(2)6-11-9(4)12-8(3)5-10/h7-10H,5-6H2,1-4H3/t8-,9?/m1/s1. The van der Waals surface area contributed by atoms with Gasteiger partial charge in [-0.3, -0.25) is 0 Å². The van der Waals surface area contributed by atoms with Gasteiger partial charge in [-0.15, -0.1) is 0 Å². The Labute approximate surface area is 74.7 Å². The Morgan fingerprint density at radius 2 is 1.75 bits per heavy atom. The van der Waals surface area contributed by atoms with E-state index < -0.39 is 0 Å². The van der Waals surface area contributed by atoms with Crippen molar-refractivity contribution in [3.05, 3.63) is 0 Å². The van der Waals surface area contributed by atoms with Gasteiger partial charge < -0.3 is 14.6 Å². The predicted octanol–water partition coefficient (Wildman–Crippen LogP) is 1.40. The SMILES string of the molecule is CC(C)COC(C)O[C@H](C)CO. The molecule has 1 unspecified atom stereocenters. The van der Waals surface area contributed by atoms with E-state index in [1.54, 1.807) is 0 Å². The van der Waals surface area contributed by atoms with Crippen molar-refractivity contribution < 1.29 is 14.6 Å². The maximum atomic E-state index is 8.68.